The smallest absolute Gasteiger partial charge is 0.259 e. The predicted octanol–water partition coefficient (Wildman–Crippen LogP) is 3.60. The van der Waals surface area contributed by atoms with Gasteiger partial charge in [-0.05, 0) is 47.2 Å². The van der Waals surface area contributed by atoms with E-state index in [1.165, 1.54) is 0 Å². The highest BCUT2D eigenvalue weighted by molar-refractivity contribution is 9.11. The van der Waals surface area contributed by atoms with Crippen molar-refractivity contribution in [2.75, 3.05) is 19.6 Å². The molecule has 0 saturated carbocycles. The van der Waals surface area contributed by atoms with Gasteiger partial charge in [-0.2, -0.15) is 4.98 Å². The van der Waals surface area contributed by atoms with Crippen LogP contribution >= 0.6 is 31.9 Å². The van der Waals surface area contributed by atoms with E-state index in [9.17, 15) is 0 Å². The Morgan fingerprint density at radius 1 is 1.29 bits per heavy atom. The molecule has 0 aliphatic carbocycles. The molecule has 0 saturated heterocycles. The van der Waals surface area contributed by atoms with Gasteiger partial charge in [-0.25, -0.2) is 0 Å². The molecule has 0 fully saturated rings. The molecule has 21 heavy (non-hydrogen) atoms. The molecule has 1 heterocycles. The summed E-state index contributed by atoms with van der Waals surface area (Å²) in [5.41, 5.74) is 7.01. The minimum atomic E-state index is -0.253. The van der Waals surface area contributed by atoms with Crippen molar-refractivity contribution in [3.63, 3.8) is 0 Å². The van der Waals surface area contributed by atoms with Crippen LogP contribution < -0.4 is 5.73 Å². The minimum Gasteiger partial charge on any atom is -0.334 e. The Morgan fingerprint density at radius 3 is 2.62 bits per heavy atom. The third kappa shape index (κ3) is 4.12. The highest BCUT2D eigenvalue weighted by atomic mass is 79.9. The van der Waals surface area contributed by atoms with Gasteiger partial charge >= 0.3 is 0 Å². The standard InChI is InChI=1S/C14H18Br2N4O/c1-3-20(4-2)8-12(17)13-18-14(21-19-13)10-6-5-9(15)7-11(10)16/h5-7,12H,3-4,8,17H2,1-2H3. The number of hydrogen-bond donors (Lipinski definition) is 1. The summed E-state index contributed by atoms with van der Waals surface area (Å²) < 4.78 is 7.21. The number of aromatic nitrogens is 2. The van der Waals surface area contributed by atoms with E-state index in [0.717, 1.165) is 27.6 Å². The van der Waals surface area contributed by atoms with Crippen molar-refractivity contribution < 1.29 is 4.52 Å². The zero-order valence-corrected chi connectivity index (χ0v) is 15.2. The second kappa shape index (κ2) is 7.49. The second-order valence-electron chi connectivity index (χ2n) is 4.67. The van der Waals surface area contributed by atoms with Gasteiger partial charge in [-0.1, -0.05) is 34.9 Å². The molecule has 0 aliphatic heterocycles. The van der Waals surface area contributed by atoms with E-state index < -0.39 is 0 Å². The molecular weight excluding hydrogens is 400 g/mol. The van der Waals surface area contributed by atoms with Crippen LogP contribution in [0.4, 0.5) is 0 Å². The molecular formula is C14H18Br2N4O. The highest BCUT2D eigenvalue weighted by Gasteiger charge is 2.18. The Balaban J connectivity index is 2.17. The average molecular weight is 418 g/mol. The topological polar surface area (TPSA) is 68.2 Å². The van der Waals surface area contributed by atoms with Gasteiger partial charge in [0.1, 0.15) is 0 Å². The number of rotatable bonds is 6. The van der Waals surface area contributed by atoms with Gasteiger partial charge in [0, 0.05) is 15.5 Å². The van der Waals surface area contributed by atoms with Crippen molar-refractivity contribution in [1.29, 1.82) is 0 Å². The van der Waals surface area contributed by atoms with Crippen LogP contribution in [0.5, 0.6) is 0 Å². The molecule has 1 atom stereocenters. The maximum Gasteiger partial charge on any atom is 0.259 e. The molecule has 0 amide bonds. The van der Waals surface area contributed by atoms with Crippen LogP contribution in [-0.2, 0) is 0 Å². The van der Waals surface area contributed by atoms with Gasteiger partial charge in [0.25, 0.3) is 5.89 Å². The van der Waals surface area contributed by atoms with Crippen molar-refractivity contribution in [2.24, 2.45) is 5.73 Å². The SMILES string of the molecule is CCN(CC)CC(N)c1noc(-c2ccc(Br)cc2Br)n1. The Labute approximate surface area is 141 Å². The first-order chi connectivity index (χ1) is 10.0. The first-order valence-corrected chi connectivity index (χ1v) is 8.40. The number of hydrogen-bond acceptors (Lipinski definition) is 5. The molecule has 0 spiro atoms. The molecule has 0 bridgehead atoms. The molecule has 2 N–H and O–H groups in total. The van der Waals surface area contributed by atoms with E-state index in [0.29, 0.717) is 18.3 Å². The molecule has 5 nitrogen and oxygen atoms in total. The van der Waals surface area contributed by atoms with Crippen LogP contribution in [0.2, 0.25) is 0 Å². The average Bonchev–Trinajstić information content (AvgIpc) is 2.94. The van der Waals surface area contributed by atoms with Gasteiger partial charge < -0.3 is 15.2 Å². The molecule has 0 aliphatic rings. The normalized spacial score (nSPS) is 12.9. The van der Waals surface area contributed by atoms with Gasteiger partial charge in [-0.3, -0.25) is 0 Å². The Morgan fingerprint density at radius 2 is 2.00 bits per heavy atom. The van der Waals surface area contributed by atoms with Gasteiger partial charge in [-0.15, -0.1) is 0 Å². The maximum atomic E-state index is 6.15. The fourth-order valence-electron chi connectivity index (χ4n) is 2.00. The third-order valence-corrected chi connectivity index (χ3v) is 4.43. The van der Waals surface area contributed by atoms with Crippen molar-refractivity contribution >= 4 is 31.9 Å². The molecule has 2 aromatic rings. The van der Waals surface area contributed by atoms with E-state index in [4.69, 9.17) is 10.3 Å². The monoisotopic (exact) mass is 416 g/mol. The van der Waals surface area contributed by atoms with E-state index in [2.05, 4.69) is 60.7 Å². The summed E-state index contributed by atoms with van der Waals surface area (Å²) >= 11 is 6.91. The van der Waals surface area contributed by atoms with E-state index in [-0.39, 0.29) is 6.04 Å². The third-order valence-electron chi connectivity index (χ3n) is 3.28. The van der Waals surface area contributed by atoms with Gasteiger partial charge in [0.15, 0.2) is 5.82 Å². The highest BCUT2D eigenvalue weighted by Crippen LogP contribution is 2.30. The second-order valence-corrected chi connectivity index (χ2v) is 6.44. The molecule has 0 radical (unpaired) electrons. The lowest BCUT2D eigenvalue weighted by Crippen LogP contribution is -2.32. The molecule has 114 valence electrons. The summed E-state index contributed by atoms with van der Waals surface area (Å²) in [6.07, 6.45) is 0. The number of likely N-dealkylation sites (N-methyl/N-ethyl adjacent to an activating group) is 1. The molecule has 1 unspecified atom stereocenters. The fourth-order valence-corrected chi connectivity index (χ4v) is 3.22. The number of benzene rings is 1. The Bertz CT molecular complexity index is 598. The zero-order chi connectivity index (χ0) is 15.4. The van der Waals surface area contributed by atoms with Crippen LogP contribution in [0.15, 0.2) is 31.7 Å². The van der Waals surface area contributed by atoms with Crippen molar-refractivity contribution in [1.82, 2.24) is 15.0 Å². The quantitative estimate of drug-likeness (QED) is 0.777. The predicted molar refractivity (Wildman–Crippen MR) is 89.9 cm³/mol. The summed E-state index contributed by atoms with van der Waals surface area (Å²) in [6, 6.07) is 5.53. The minimum absolute atomic E-state index is 0.253. The van der Waals surface area contributed by atoms with Crippen LogP contribution in [0.3, 0.4) is 0 Å². The van der Waals surface area contributed by atoms with Crippen LogP contribution in [0.25, 0.3) is 11.5 Å². The Kier molecular flexibility index (Phi) is 5.92. The number of nitrogens with zero attached hydrogens (tertiary/aromatic N) is 3. The Hall–Kier alpha value is -0.760. The van der Waals surface area contributed by atoms with Crippen molar-refractivity contribution in [3.8, 4) is 11.5 Å². The zero-order valence-electron chi connectivity index (χ0n) is 12.0. The summed E-state index contributed by atoms with van der Waals surface area (Å²) in [7, 11) is 0. The number of halogens is 2. The van der Waals surface area contributed by atoms with E-state index in [1.807, 2.05) is 18.2 Å². The lowest BCUT2D eigenvalue weighted by molar-refractivity contribution is 0.278. The number of nitrogens with two attached hydrogens (primary N) is 1. The molecule has 7 heteroatoms. The largest absolute Gasteiger partial charge is 0.334 e. The summed E-state index contributed by atoms with van der Waals surface area (Å²) in [6.45, 7) is 6.83. The van der Waals surface area contributed by atoms with Crippen molar-refractivity contribution in [2.45, 2.75) is 19.9 Å². The first kappa shape index (κ1) is 16.6. The first-order valence-electron chi connectivity index (χ1n) is 6.82. The van der Waals surface area contributed by atoms with E-state index >= 15 is 0 Å². The summed E-state index contributed by atoms with van der Waals surface area (Å²) in [5.74, 6) is 1.01. The lowest BCUT2D eigenvalue weighted by Gasteiger charge is -2.20. The van der Waals surface area contributed by atoms with Crippen LogP contribution in [-0.4, -0.2) is 34.7 Å². The molecule has 1 aromatic carbocycles. The summed E-state index contributed by atoms with van der Waals surface area (Å²) in [4.78, 5) is 6.65. The molecule has 2 rings (SSSR count). The van der Waals surface area contributed by atoms with E-state index in [1.54, 1.807) is 0 Å². The fraction of sp³-hybridized carbons (Fsp3) is 0.429. The van der Waals surface area contributed by atoms with Crippen molar-refractivity contribution in [3.05, 3.63) is 33.0 Å². The van der Waals surface area contributed by atoms with Crippen LogP contribution in [0, 0.1) is 0 Å². The summed E-state index contributed by atoms with van der Waals surface area (Å²) in [5, 5.41) is 4.01. The molecule has 1 aromatic heterocycles. The van der Waals surface area contributed by atoms with Crippen LogP contribution in [0.1, 0.15) is 25.7 Å². The maximum absolute atomic E-state index is 6.15. The lowest BCUT2D eigenvalue weighted by atomic mass is 10.2. The van der Waals surface area contributed by atoms with Gasteiger partial charge in [0.2, 0.25) is 0 Å². The van der Waals surface area contributed by atoms with Gasteiger partial charge in [0.05, 0.1) is 11.6 Å².